The fraction of sp³-hybridized carbons (Fsp3) is 0.500. The van der Waals surface area contributed by atoms with Crippen LogP contribution in [-0.4, -0.2) is 57.3 Å². The van der Waals surface area contributed by atoms with E-state index in [0.717, 1.165) is 60.1 Å². The molecule has 2 aliphatic rings. The summed E-state index contributed by atoms with van der Waals surface area (Å²) in [5, 5.41) is 15.0. The average molecular weight is 456 g/mol. The van der Waals surface area contributed by atoms with Gasteiger partial charge in [0.25, 0.3) is 0 Å². The number of aryl methyl sites for hydroxylation is 2. The smallest absolute Gasteiger partial charge is 0.211 e. The number of sulfonamides is 1. The first-order chi connectivity index (χ1) is 15.3. The topological polar surface area (TPSA) is 116 Å². The predicted molar refractivity (Wildman–Crippen MR) is 126 cm³/mol. The van der Waals surface area contributed by atoms with Gasteiger partial charge in [-0.3, -0.25) is 10.1 Å². The number of nitrogens with one attached hydrogen (secondary N) is 3. The third-order valence-electron chi connectivity index (χ3n) is 6.41. The monoisotopic (exact) mass is 455 g/mol. The van der Waals surface area contributed by atoms with Crippen LogP contribution in [0.15, 0.2) is 24.4 Å². The van der Waals surface area contributed by atoms with Gasteiger partial charge in [-0.15, -0.1) is 0 Å². The molecular formula is C22H29N7O2S. The minimum Gasteiger partial charge on any atom is -0.367 e. The molecule has 9 nitrogen and oxygen atoms in total. The second kappa shape index (κ2) is 8.00. The lowest BCUT2D eigenvalue weighted by atomic mass is 9.84. The van der Waals surface area contributed by atoms with Gasteiger partial charge in [0.15, 0.2) is 5.82 Å². The maximum Gasteiger partial charge on any atom is 0.211 e. The van der Waals surface area contributed by atoms with Crippen molar-refractivity contribution in [2.24, 2.45) is 0 Å². The summed E-state index contributed by atoms with van der Waals surface area (Å²) in [6.07, 6.45) is 7.66. The summed E-state index contributed by atoms with van der Waals surface area (Å²) in [5.41, 5.74) is 2.87. The second-order valence-electron chi connectivity index (χ2n) is 9.14. The Morgan fingerprint density at radius 1 is 1.09 bits per heavy atom. The molecule has 3 aromatic rings. The molecule has 0 aliphatic carbocycles. The van der Waals surface area contributed by atoms with Crippen molar-refractivity contribution in [1.82, 2.24) is 24.5 Å². The third kappa shape index (κ3) is 4.16. The molecule has 2 aliphatic heterocycles. The van der Waals surface area contributed by atoms with Gasteiger partial charge in [-0.25, -0.2) is 13.4 Å². The lowest BCUT2D eigenvalue weighted by Gasteiger charge is -2.47. The van der Waals surface area contributed by atoms with E-state index in [-0.39, 0.29) is 18.1 Å². The van der Waals surface area contributed by atoms with Gasteiger partial charge in [-0.1, -0.05) is 6.42 Å². The maximum absolute atomic E-state index is 12.4. The lowest BCUT2D eigenvalue weighted by Crippen LogP contribution is -2.56. The molecule has 0 aromatic carbocycles. The first-order valence-electron chi connectivity index (χ1n) is 11.1. The Kier molecular flexibility index (Phi) is 5.29. The normalized spacial score (nSPS) is 23.9. The van der Waals surface area contributed by atoms with E-state index in [9.17, 15) is 8.42 Å². The van der Waals surface area contributed by atoms with Crippen molar-refractivity contribution in [2.45, 2.75) is 64.1 Å². The molecule has 0 amide bonds. The largest absolute Gasteiger partial charge is 0.367 e. The van der Waals surface area contributed by atoms with Crippen LogP contribution in [0.5, 0.6) is 0 Å². The van der Waals surface area contributed by atoms with Crippen LogP contribution in [0.2, 0.25) is 0 Å². The Balaban J connectivity index is 1.46. The zero-order chi connectivity index (χ0) is 22.5. The fourth-order valence-electron chi connectivity index (χ4n) is 5.21. The zero-order valence-electron chi connectivity index (χ0n) is 18.6. The van der Waals surface area contributed by atoms with Crippen molar-refractivity contribution in [1.29, 1.82) is 0 Å². The summed E-state index contributed by atoms with van der Waals surface area (Å²) >= 11 is 0. The Morgan fingerprint density at radius 2 is 1.84 bits per heavy atom. The molecule has 0 radical (unpaired) electrons. The van der Waals surface area contributed by atoms with Crippen LogP contribution in [0.3, 0.4) is 0 Å². The SMILES string of the molecule is Cc1cnc2cc(Nc3cc(C)[nH]n3)nc(NC3C[C@H]4CCC[C@@H](C3)N4S(C)(=O)=O)c2c1. The number of fused-ring (bicyclic) bond motifs is 3. The van der Waals surface area contributed by atoms with E-state index in [1.807, 2.05) is 32.2 Å². The van der Waals surface area contributed by atoms with Crippen LogP contribution in [0.1, 0.15) is 43.4 Å². The molecule has 1 unspecified atom stereocenters. The molecule has 3 aromatic heterocycles. The first kappa shape index (κ1) is 21.1. The van der Waals surface area contributed by atoms with Gasteiger partial charge in [-0.2, -0.15) is 9.40 Å². The summed E-state index contributed by atoms with van der Waals surface area (Å²) in [6.45, 7) is 3.97. The highest BCUT2D eigenvalue weighted by Gasteiger charge is 2.43. The van der Waals surface area contributed by atoms with Crippen molar-refractivity contribution in [3.8, 4) is 0 Å². The van der Waals surface area contributed by atoms with Crippen molar-refractivity contribution >= 4 is 38.4 Å². The van der Waals surface area contributed by atoms with Gasteiger partial charge in [0.1, 0.15) is 11.6 Å². The quantitative estimate of drug-likeness (QED) is 0.539. The Bertz CT molecular complexity index is 1240. The zero-order valence-corrected chi connectivity index (χ0v) is 19.4. The molecule has 10 heteroatoms. The van der Waals surface area contributed by atoms with Crippen LogP contribution in [0, 0.1) is 13.8 Å². The van der Waals surface area contributed by atoms with Crippen molar-refractivity contribution < 1.29 is 8.42 Å². The van der Waals surface area contributed by atoms with E-state index in [2.05, 4.69) is 31.9 Å². The maximum atomic E-state index is 12.4. The van der Waals surface area contributed by atoms with Crippen molar-refractivity contribution in [2.75, 3.05) is 16.9 Å². The number of pyridine rings is 2. The molecule has 5 heterocycles. The predicted octanol–water partition coefficient (Wildman–Crippen LogP) is 3.47. The van der Waals surface area contributed by atoms with Gasteiger partial charge in [0, 0.05) is 47.5 Å². The number of rotatable bonds is 5. The van der Waals surface area contributed by atoms with Crippen LogP contribution in [-0.2, 0) is 10.0 Å². The van der Waals surface area contributed by atoms with Gasteiger partial charge in [0.05, 0.1) is 11.8 Å². The second-order valence-corrected chi connectivity index (χ2v) is 11.0. The molecule has 0 spiro atoms. The van der Waals surface area contributed by atoms with Gasteiger partial charge < -0.3 is 10.6 Å². The number of hydrogen-bond donors (Lipinski definition) is 3. The van der Waals surface area contributed by atoms with Crippen LogP contribution in [0.4, 0.5) is 17.5 Å². The minimum atomic E-state index is -3.20. The summed E-state index contributed by atoms with van der Waals surface area (Å²) in [6, 6.07) is 6.19. The number of aromatic nitrogens is 4. The molecule has 2 bridgehead atoms. The first-order valence-corrected chi connectivity index (χ1v) is 12.9. The Labute approximate surface area is 188 Å². The summed E-state index contributed by atoms with van der Waals surface area (Å²) in [5.74, 6) is 2.13. The molecule has 32 heavy (non-hydrogen) atoms. The molecule has 3 N–H and O–H groups in total. The summed E-state index contributed by atoms with van der Waals surface area (Å²) < 4.78 is 26.5. The minimum absolute atomic E-state index is 0.0504. The number of piperidine rings is 2. The number of H-pyrrole nitrogens is 1. The summed E-state index contributed by atoms with van der Waals surface area (Å²) in [4.78, 5) is 9.46. The van der Waals surface area contributed by atoms with Crippen LogP contribution < -0.4 is 10.6 Å². The van der Waals surface area contributed by atoms with E-state index in [1.54, 1.807) is 4.31 Å². The van der Waals surface area contributed by atoms with E-state index >= 15 is 0 Å². The molecule has 2 fully saturated rings. The van der Waals surface area contributed by atoms with E-state index in [4.69, 9.17) is 4.98 Å². The number of nitrogens with zero attached hydrogens (tertiary/aromatic N) is 4. The lowest BCUT2D eigenvalue weighted by molar-refractivity contribution is 0.116. The Morgan fingerprint density at radius 3 is 2.50 bits per heavy atom. The van der Waals surface area contributed by atoms with Gasteiger partial charge in [-0.05, 0) is 51.2 Å². The van der Waals surface area contributed by atoms with Crippen molar-refractivity contribution in [3.63, 3.8) is 0 Å². The fourth-order valence-corrected chi connectivity index (χ4v) is 6.67. The number of aromatic amines is 1. The highest BCUT2D eigenvalue weighted by molar-refractivity contribution is 7.88. The molecule has 2 saturated heterocycles. The molecular weight excluding hydrogens is 426 g/mol. The number of hydrogen-bond acceptors (Lipinski definition) is 7. The standard InChI is InChI=1S/C22H29N7O2S/c1-13-7-18-19(23-12-13)11-20(25-21-8-14(2)27-28-21)26-22(18)24-15-9-16-5-4-6-17(10-15)29(16)32(3,30)31/h7-8,11-12,15-17H,4-6,9-10H2,1-3H3,(H3,24,25,26,27,28)/t15?,16-,17+. The highest BCUT2D eigenvalue weighted by Crippen LogP contribution is 2.37. The summed E-state index contributed by atoms with van der Waals surface area (Å²) in [7, 11) is -3.20. The number of anilines is 3. The highest BCUT2D eigenvalue weighted by atomic mass is 32.2. The van der Waals surface area contributed by atoms with E-state index < -0.39 is 10.0 Å². The van der Waals surface area contributed by atoms with E-state index in [0.29, 0.717) is 11.6 Å². The molecule has 3 atom stereocenters. The Hall–Kier alpha value is -2.72. The third-order valence-corrected chi connectivity index (χ3v) is 7.77. The van der Waals surface area contributed by atoms with Gasteiger partial charge >= 0.3 is 0 Å². The molecule has 5 rings (SSSR count). The van der Waals surface area contributed by atoms with Gasteiger partial charge in [0.2, 0.25) is 10.0 Å². The van der Waals surface area contributed by atoms with Crippen molar-refractivity contribution in [3.05, 3.63) is 35.7 Å². The molecule has 0 saturated carbocycles. The average Bonchev–Trinajstić information content (AvgIpc) is 3.11. The van der Waals surface area contributed by atoms with Crippen LogP contribution >= 0.6 is 0 Å². The van der Waals surface area contributed by atoms with Crippen LogP contribution in [0.25, 0.3) is 10.9 Å². The van der Waals surface area contributed by atoms with E-state index in [1.165, 1.54) is 6.26 Å². The molecule has 170 valence electrons.